The molecule has 0 radical (unpaired) electrons. The Kier molecular flexibility index (Phi) is 4.90. The zero-order valence-electron chi connectivity index (χ0n) is 7.48. The Hall–Kier alpha value is -1.92. The molecule has 0 aliphatic carbocycles. The largest absolute Gasteiger partial charge is 0.481 e. The first-order valence-electron chi connectivity index (χ1n) is 3.71. The fourth-order valence-electron chi connectivity index (χ4n) is 0.582. The van der Waals surface area contributed by atoms with Crippen molar-refractivity contribution in [2.75, 3.05) is 0 Å². The number of nitrogens with zero attached hydrogens (tertiary/aromatic N) is 1. The molecule has 0 aliphatic heterocycles. The van der Waals surface area contributed by atoms with Gasteiger partial charge in [-0.25, -0.2) is 10.2 Å². The van der Waals surface area contributed by atoms with E-state index in [1.54, 1.807) is 0 Å². The SMILES string of the molecule is CC(=O)N/N=C(/CCC(=O)O)C(=O)O. The van der Waals surface area contributed by atoms with E-state index in [1.165, 1.54) is 6.92 Å². The molecule has 0 saturated heterocycles. The molecule has 0 aromatic carbocycles. The molecule has 0 aromatic heterocycles. The molecule has 0 atom stereocenters. The van der Waals surface area contributed by atoms with E-state index in [9.17, 15) is 14.4 Å². The lowest BCUT2D eigenvalue weighted by Crippen LogP contribution is -2.21. The maximum Gasteiger partial charge on any atom is 0.352 e. The lowest BCUT2D eigenvalue weighted by Gasteiger charge is -1.98. The number of carboxylic acids is 2. The smallest absolute Gasteiger partial charge is 0.352 e. The second kappa shape index (κ2) is 5.68. The maximum absolute atomic E-state index is 10.4. The molecule has 0 spiro atoms. The van der Waals surface area contributed by atoms with E-state index >= 15 is 0 Å². The molecule has 14 heavy (non-hydrogen) atoms. The van der Waals surface area contributed by atoms with Crippen LogP contribution in [0, 0.1) is 0 Å². The molecule has 7 nitrogen and oxygen atoms in total. The maximum atomic E-state index is 10.4. The molecule has 0 fully saturated rings. The van der Waals surface area contributed by atoms with Gasteiger partial charge in [0.15, 0.2) is 0 Å². The van der Waals surface area contributed by atoms with Gasteiger partial charge in [0.05, 0.1) is 6.42 Å². The van der Waals surface area contributed by atoms with Gasteiger partial charge in [-0.15, -0.1) is 0 Å². The molecule has 0 saturated carbocycles. The van der Waals surface area contributed by atoms with Crippen LogP contribution in [0.4, 0.5) is 0 Å². The Morgan fingerprint density at radius 3 is 2.14 bits per heavy atom. The van der Waals surface area contributed by atoms with E-state index in [4.69, 9.17) is 10.2 Å². The summed E-state index contributed by atoms with van der Waals surface area (Å²) in [6.07, 6.45) is -0.574. The highest BCUT2D eigenvalue weighted by Crippen LogP contribution is 1.93. The van der Waals surface area contributed by atoms with E-state index in [2.05, 4.69) is 5.10 Å². The zero-order valence-corrected chi connectivity index (χ0v) is 7.48. The van der Waals surface area contributed by atoms with Crippen molar-refractivity contribution in [1.82, 2.24) is 5.43 Å². The van der Waals surface area contributed by atoms with Crippen LogP contribution in [0.1, 0.15) is 19.8 Å². The summed E-state index contributed by atoms with van der Waals surface area (Å²) in [5.74, 6) is -2.99. The van der Waals surface area contributed by atoms with Crippen molar-refractivity contribution in [3.63, 3.8) is 0 Å². The topological polar surface area (TPSA) is 116 Å². The Morgan fingerprint density at radius 2 is 1.79 bits per heavy atom. The number of hydrogen-bond donors (Lipinski definition) is 3. The molecule has 0 rings (SSSR count). The van der Waals surface area contributed by atoms with E-state index in [1.807, 2.05) is 5.43 Å². The average Bonchev–Trinajstić information content (AvgIpc) is 2.02. The van der Waals surface area contributed by atoms with Gasteiger partial charge in [0.2, 0.25) is 5.91 Å². The number of hydrogen-bond acceptors (Lipinski definition) is 4. The Bertz CT molecular complexity index is 284. The van der Waals surface area contributed by atoms with E-state index in [-0.39, 0.29) is 18.6 Å². The Morgan fingerprint density at radius 1 is 1.21 bits per heavy atom. The minimum Gasteiger partial charge on any atom is -0.481 e. The average molecular weight is 202 g/mol. The number of carbonyl (C=O) groups is 3. The Labute approximate surface area is 79.4 Å². The van der Waals surface area contributed by atoms with Crippen LogP contribution in [0.3, 0.4) is 0 Å². The molecule has 7 heteroatoms. The second-order valence-corrected chi connectivity index (χ2v) is 2.43. The summed E-state index contributed by atoms with van der Waals surface area (Å²) in [5.41, 5.74) is 1.54. The number of rotatable bonds is 5. The molecule has 1 amide bonds. The van der Waals surface area contributed by atoms with Crippen molar-refractivity contribution >= 4 is 23.6 Å². The van der Waals surface area contributed by atoms with Gasteiger partial charge in [-0.1, -0.05) is 0 Å². The van der Waals surface area contributed by atoms with Crippen molar-refractivity contribution in [3.05, 3.63) is 0 Å². The van der Waals surface area contributed by atoms with Crippen LogP contribution in [-0.2, 0) is 14.4 Å². The molecule has 3 N–H and O–H groups in total. The van der Waals surface area contributed by atoms with Crippen molar-refractivity contribution in [1.29, 1.82) is 0 Å². The fourth-order valence-corrected chi connectivity index (χ4v) is 0.582. The third kappa shape index (κ3) is 5.70. The lowest BCUT2D eigenvalue weighted by atomic mass is 10.2. The summed E-state index contributed by atoms with van der Waals surface area (Å²) in [4.78, 5) is 31.0. The summed E-state index contributed by atoms with van der Waals surface area (Å²) in [7, 11) is 0. The number of nitrogens with one attached hydrogen (secondary N) is 1. The summed E-state index contributed by atoms with van der Waals surface area (Å²) in [6, 6.07) is 0. The van der Waals surface area contributed by atoms with Gasteiger partial charge in [0.25, 0.3) is 0 Å². The predicted molar refractivity (Wildman–Crippen MR) is 45.8 cm³/mol. The van der Waals surface area contributed by atoms with Gasteiger partial charge in [-0.2, -0.15) is 5.10 Å². The van der Waals surface area contributed by atoms with Gasteiger partial charge >= 0.3 is 11.9 Å². The van der Waals surface area contributed by atoms with Crippen molar-refractivity contribution in [2.45, 2.75) is 19.8 Å². The predicted octanol–water partition coefficient (Wildman–Crippen LogP) is -0.572. The van der Waals surface area contributed by atoms with Crippen LogP contribution in [0.15, 0.2) is 5.10 Å². The van der Waals surface area contributed by atoms with Crippen LogP contribution >= 0.6 is 0 Å². The van der Waals surface area contributed by atoms with E-state index in [0.717, 1.165) is 0 Å². The minimum absolute atomic E-state index is 0.231. The molecular weight excluding hydrogens is 192 g/mol. The van der Waals surface area contributed by atoms with Crippen LogP contribution in [0.25, 0.3) is 0 Å². The van der Waals surface area contributed by atoms with Gasteiger partial charge in [0, 0.05) is 13.3 Å². The fraction of sp³-hybridized carbons (Fsp3) is 0.429. The first-order chi connectivity index (χ1) is 6.43. The van der Waals surface area contributed by atoms with Crippen LogP contribution in [-0.4, -0.2) is 33.8 Å². The summed E-state index contributed by atoms with van der Waals surface area (Å²) >= 11 is 0. The highest BCUT2D eigenvalue weighted by Gasteiger charge is 2.11. The first kappa shape index (κ1) is 12.1. The second-order valence-electron chi connectivity index (χ2n) is 2.43. The number of hydrazone groups is 1. The molecule has 0 aromatic rings. The summed E-state index contributed by atoms with van der Waals surface area (Å²) in [6.45, 7) is 1.17. The quantitative estimate of drug-likeness (QED) is 0.407. The lowest BCUT2D eigenvalue weighted by molar-refractivity contribution is -0.136. The van der Waals surface area contributed by atoms with Gasteiger partial charge in [0.1, 0.15) is 5.71 Å². The third-order valence-corrected chi connectivity index (χ3v) is 1.17. The number of carboxylic acid groups (broad SMARTS) is 2. The summed E-state index contributed by atoms with van der Waals surface area (Å²) in [5, 5.41) is 20.1. The van der Waals surface area contributed by atoms with Gasteiger partial charge < -0.3 is 10.2 Å². The Balaban J connectivity index is 4.29. The van der Waals surface area contributed by atoms with Crippen molar-refractivity contribution in [2.24, 2.45) is 5.10 Å². The number of amides is 1. The first-order valence-corrected chi connectivity index (χ1v) is 3.71. The molecule has 0 aliphatic rings. The molecule has 0 heterocycles. The standard InChI is InChI=1S/C7H10N2O5/c1-4(10)8-9-5(7(13)14)2-3-6(11)12/h2-3H2,1H3,(H,8,10)(H,11,12)(H,13,14)/b9-5-. The summed E-state index contributed by atoms with van der Waals surface area (Å²) < 4.78 is 0. The minimum atomic E-state index is -1.35. The highest BCUT2D eigenvalue weighted by atomic mass is 16.4. The van der Waals surface area contributed by atoms with Gasteiger partial charge in [-0.3, -0.25) is 9.59 Å². The molecule has 0 unspecified atom stereocenters. The van der Waals surface area contributed by atoms with Crippen LogP contribution in [0.2, 0.25) is 0 Å². The monoisotopic (exact) mass is 202 g/mol. The molecule has 0 bridgehead atoms. The molecular formula is C7H10N2O5. The number of carbonyl (C=O) groups excluding carboxylic acids is 1. The third-order valence-electron chi connectivity index (χ3n) is 1.17. The number of aliphatic carboxylic acids is 2. The van der Waals surface area contributed by atoms with Crippen molar-refractivity contribution < 1.29 is 24.6 Å². The highest BCUT2D eigenvalue weighted by molar-refractivity contribution is 6.35. The molecule has 78 valence electrons. The normalized spacial score (nSPS) is 10.8. The van der Waals surface area contributed by atoms with Crippen LogP contribution < -0.4 is 5.43 Å². The zero-order chi connectivity index (χ0) is 11.1. The van der Waals surface area contributed by atoms with Crippen molar-refractivity contribution in [3.8, 4) is 0 Å². The van der Waals surface area contributed by atoms with Crippen LogP contribution in [0.5, 0.6) is 0 Å². The van der Waals surface area contributed by atoms with Gasteiger partial charge in [-0.05, 0) is 0 Å². The van der Waals surface area contributed by atoms with E-state index < -0.39 is 17.8 Å². The van der Waals surface area contributed by atoms with E-state index in [0.29, 0.717) is 0 Å².